The molecule has 4 nitrogen and oxygen atoms in total. The van der Waals surface area contributed by atoms with E-state index in [1.807, 2.05) is 17.0 Å². The first kappa shape index (κ1) is 20.0. The number of halogens is 3. The van der Waals surface area contributed by atoms with E-state index in [9.17, 15) is 13.6 Å². The molecule has 4 rings (SSSR count). The number of nitrogens with zero attached hydrogens (tertiary/aromatic N) is 1. The molecule has 2 aliphatic rings. The van der Waals surface area contributed by atoms with Crippen LogP contribution in [-0.2, 0) is 0 Å². The Bertz CT molecular complexity index is 784. The molecule has 2 bridgehead atoms. The molecule has 27 heavy (non-hydrogen) atoms. The average Bonchev–Trinajstić information content (AvgIpc) is 3.21. The van der Waals surface area contributed by atoms with E-state index in [0.29, 0.717) is 17.0 Å². The van der Waals surface area contributed by atoms with Gasteiger partial charge < -0.3 is 15.0 Å². The standard InChI is InChI=1S/C19H20F2N2O2S.ClH/c20-19(21)25-15-5-1-12(2-6-15)16-7-8-17(26-16)18(24)23-10-9-13-3-4-14(11-23)22-13;/h1-2,5-8,13-14,19,22H,3-4,9-11H2;1H. The lowest BCUT2D eigenvalue weighted by atomic mass is 10.1. The van der Waals surface area contributed by atoms with E-state index in [1.165, 1.54) is 29.9 Å². The van der Waals surface area contributed by atoms with Crippen LogP contribution in [0.1, 0.15) is 28.9 Å². The number of amides is 1. The van der Waals surface area contributed by atoms with E-state index in [-0.39, 0.29) is 24.1 Å². The molecule has 2 saturated heterocycles. The van der Waals surface area contributed by atoms with E-state index in [1.54, 1.807) is 12.1 Å². The summed E-state index contributed by atoms with van der Waals surface area (Å²) in [5, 5.41) is 3.58. The number of ether oxygens (including phenoxy) is 1. The minimum Gasteiger partial charge on any atom is -0.435 e. The molecule has 1 amide bonds. The Morgan fingerprint density at radius 1 is 1.11 bits per heavy atom. The monoisotopic (exact) mass is 414 g/mol. The maximum Gasteiger partial charge on any atom is 0.387 e. The Balaban J connectivity index is 0.00000210. The molecule has 2 atom stereocenters. The van der Waals surface area contributed by atoms with Crippen molar-refractivity contribution < 1.29 is 18.3 Å². The Kier molecular flexibility index (Phi) is 6.34. The number of carbonyl (C=O) groups excluding carboxylic acids is 1. The molecule has 3 heterocycles. The van der Waals surface area contributed by atoms with Gasteiger partial charge in [0.1, 0.15) is 5.75 Å². The number of hydrogen-bond acceptors (Lipinski definition) is 4. The summed E-state index contributed by atoms with van der Waals surface area (Å²) in [4.78, 5) is 16.5. The van der Waals surface area contributed by atoms with Gasteiger partial charge in [-0.1, -0.05) is 0 Å². The first-order valence-electron chi connectivity index (χ1n) is 8.79. The van der Waals surface area contributed by atoms with Crippen LogP contribution >= 0.6 is 23.7 Å². The fourth-order valence-electron chi connectivity index (χ4n) is 3.69. The van der Waals surface area contributed by atoms with Crippen molar-refractivity contribution in [2.75, 3.05) is 13.1 Å². The second-order valence-corrected chi connectivity index (χ2v) is 7.83. The highest BCUT2D eigenvalue weighted by molar-refractivity contribution is 7.17. The van der Waals surface area contributed by atoms with Gasteiger partial charge in [-0.25, -0.2) is 0 Å². The highest BCUT2D eigenvalue weighted by Gasteiger charge is 2.31. The van der Waals surface area contributed by atoms with Gasteiger partial charge in [0.2, 0.25) is 0 Å². The van der Waals surface area contributed by atoms with Crippen molar-refractivity contribution in [3.8, 4) is 16.2 Å². The molecule has 8 heteroatoms. The number of carbonyl (C=O) groups is 1. The molecule has 2 fully saturated rings. The second-order valence-electron chi connectivity index (χ2n) is 6.74. The third kappa shape index (κ3) is 4.59. The highest BCUT2D eigenvalue weighted by Crippen LogP contribution is 2.31. The molecular formula is C19H21ClF2N2O2S. The number of likely N-dealkylation sites (tertiary alicyclic amines) is 1. The Morgan fingerprint density at radius 2 is 1.85 bits per heavy atom. The zero-order chi connectivity index (χ0) is 18.1. The summed E-state index contributed by atoms with van der Waals surface area (Å²) in [6.45, 7) is -1.27. The number of thiophene rings is 1. The molecule has 2 unspecified atom stereocenters. The van der Waals surface area contributed by atoms with Gasteiger partial charge in [-0.2, -0.15) is 8.78 Å². The highest BCUT2D eigenvalue weighted by atomic mass is 35.5. The minimum absolute atomic E-state index is 0. The second kappa shape index (κ2) is 8.54. The van der Waals surface area contributed by atoms with E-state index in [4.69, 9.17) is 0 Å². The summed E-state index contributed by atoms with van der Waals surface area (Å²) in [6.07, 6.45) is 3.35. The molecule has 1 aromatic heterocycles. The summed E-state index contributed by atoms with van der Waals surface area (Å²) in [7, 11) is 0. The fraction of sp³-hybridized carbons (Fsp3) is 0.421. The van der Waals surface area contributed by atoms with Gasteiger partial charge >= 0.3 is 6.61 Å². The third-order valence-electron chi connectivity index (χ3n) is 4.99. The van der Waals surface area contributed by atoms with Crippen molar-refractivity contribution in [1.29, 1.82) is 0 Å². The normalized spacial score (nSPS) is 21.7. The lowest BCUT2D eigenvalue weighted by Crippen LogP contribution is -2.38. The topological polar surface area (TPSA) is 41.6 Å². The number of benzene rings is 1. The van der Waals surface area contributed by atoms with Crippen molar-refractivity contribution in [3.63, 3.8) is 0 Å². The van der Waals surface area contributed by atoms with Gasteiger partial charge in [0.15, 0.2) is 0 Å². The maximum atomic E-state index is 12.9. The van der Waals surface area contributed by atoms with Crippen LogP contribution in [0, 0.1) is 0 Å². The Morgan fingerprint density at radius 3 is 2.59 bits per heavy atom. The summed E-state index contributed by atoms with van der Waals surface area (Å²) in [5.74, 6) is 0.206. The number of hydrogen-bond donors (Lipinski definition) is 1. The summed E-state index contributed by atoms with van der Waals surface area (Å²) in [6, 6.07) is 11.2. The lowest BCUT2D eigenvalue weighted by Gasteiger charge is -2.23. The molecule has 1 aromatic carbocycles. The average molecular weight is 415 g/mol. The molecule has 0 spiro atoms. The molecule has 0 aliphatic carbocycles. The number of nitrogens with one attached hydrogen (secondary N) is 1. The molecule has 2 aliphatic heterocycles. The summed E-state index contributed by atoms with van der Waals surface area (Å²) < 4.78 is 28.8. The summed E-state index contributed by atoms with van der Waals surface area (Å²) in [5.41, 5.74) is 0.882. The first-order chi connectivity index (χ1) is 12.6. The van der Waals surface area contributed by atoms with Crippen molar-refractivity contribution >= 4 is 29.7 Å². The number of rotatable bonds is 4. The molecule has 0 saturated carbocycles. The van der Waals surface area contributed by atoms with Gasteiger partial charge in [-0.15, -0.1) is 23.7 Å². The van der Waals surface area contributed by atoms with Crippen LogP contribution in [0.25, 0.3) is 10.4 Å². The van der Waals surface area contributed by atoms with Crippen LogP contribution in [0.15, 0.2) is 36.4 Å². The van der Waals surface area contributed by atoms with Gasteiger partial charge in [0, 0.05) is 30.1 Å². The van der Waals surface area contributed by atoms with Crippen molar-refractivity contribution in [3.05, 3.63) is 41.3 Å². The van der Waals surface area contributed by atoms with Crippen LogP contribution in [0.3, 0.4) is 0 Å². The number of alkyl halides is 2. The van der Waals surface area contributed by atoms with Gasteiger partial charge in [-0.3, -0.25) is 4.79 Å². The molecule has 0 radical (unpaired) electrons. The largest absolute Gasteiger partial charge is 0.435 e. The Labute approximate surface area is 166 Å². The summed E-state index contributed by atoms with van der Waals surface area (Å²) >= 11 is 1.43. The minimum atomic E-state index is -2.83. The van der Waals surface area contributed by atoms with Crippen molar-refractivity contribution in [2.45, 2.75) is 38.0 Å². The van der Waals surface area contributed by atoms with Crippen LogP contribution < -0.4 is 10.1 Å². The van der Waals surface area contributed by atoms with E-state index in [2.05, 4.69) is 10.1 Å². The fourth-order valence-corrected chi connectivity index (χ4v) is 4.67. The number of fused-ring (bicyclic) bond motifs is 2. The van der Waals surface area contributed by atoms with E-state index >= 15 is 0 Å². The molecular weight excluding hydrogens is 394 g/mol. The van der Waals surface area contributed by atoms with Crippen molar-refractivity contribution in [1.82, 2.24) is 10.2 Å². The van der Waals surface area contributed by atoms with Gasteiger partial charge in [0.05, 0.1) is 4.88 Å². The molecule has 146 valence electrons. The SMILES string of the molecule is Cl.O=C(c1ccc(-c2ccc(OC(F)F)cc2)s1)N1CCC2CCC(C1)N2. The maximum absolute atomic E-state index is 12.9. The van der Waals surface area contributed by atoms with Crippen molar-refractivity contribution in [2.24, 2.45) is 0 Å². The van der Waals surface area contributed by atoms with Crippen LogP contribution in [0.2, 0.25) is 0 Å². The van der Waals surface area contributed by atoms with E-state index < -0.39 is 6.61 Å². The van der Waals surface area contributed by atoms with E-state index in [0.717, 1.165) is 36.4 Å². The molecule has 1 N–H and O–H groups in total. The lowest BCUT2D eigenvalue weighted by molar-refractivity contribution is -0.0498. The zero-order valence-corrected chi connectivity index (χ0v) is 16.2. The zero-order valence-electron chi connectivity index (χ0n) is 14.6. The van der Waals surface area contributed by atoms with Crippen LogP contribution in [0.4, 0.5) is 8.78 Å². The third-order valence-corrected chi connectivity index (χ3v) is 6.11. The smallest absolute Gasteiger partial charge is 0.387 e. The Hall–Kier alpha value is -1.70. The predicted octanol–water partition coefficient (Wildman–Crippen LogP) is 4.40. The molecule has 2 aromatic rings. The quantitative estimate of drug-likeness (QED) is 0.806. The van der Waals surface area contributed by atoms with Gasteiger partial charge in [0.25, 0.3) is 5.91 Å². The van der Waals surface area contributed by atoms with Crippen LogP contribution in [-0.4, -0.2) is 42.6 Å². The van der Waals surface area contributed by atoms with Gasteiger partial charge in [-0.05, 0) is 61.2 Å². The first-order valence-corrected chi connectivity index (χ1v) is 9.60. The predicted molar refractivity (Wildman–Crippen MR) is 104 cm³/mol. The van der Waals surface area contributed by atoms with Crippen LogP contribution in [0.5, 0.6) is 5.75 Å².